The second-order valence-electron chi connectivity index (χ2n) is 4.34. The van der Waals surface area contributed by atoms with Gasteiger partial charge in [-0.1, -0.05) is 18.2 Å². The van der Waals surface area contributed by atoms with Gasteiger partial charge in [0.15, 0.2) is 5.82 Å². The Bertz CT molecular complexity index is 719. The zero-order chi connectivity index (χ0) is 13.2. The van der Waals surface area contributed by atoms with Crippen molar-refractivity contribution in [3.63, 3.8) is 0 Å². The van der Waals surface area contributed by atoms with Gasteiger partial charge in [-0.3, -0.25) is 0 Å². The normalized spacial score (nSPS) is 10.6. The van der Waals surface area contributed by atoms with Crippen LogP contribution >= 0.6 is 0 Å². The molecule has 94 valence electrons. The highest BCUT2D eigenvalue weighted by atomic mass is 19.1. The fourth-order valence-corrected chi connectivity index (χ4v) is 1.93. The summed E-state index contributed by atoms with van der Waals surface area (Å²) in [7, 11) is 0. The van der Waals surface area contributed by atoms with Crippen LogP contribution in [0.25, 0.3) is 16.9 Å². The van der Waals surface area contributed by atoms with Gasteiger partial charge in [0.2, 0.25) is 0 Å². The van der Waals surface area contributed by atoms with Crippen LogP contribution in [0.2, 0.25) is 0 Å². The third-order valence-corrected chi connectivity index (χ3v) is 2.90. The van der Waals surface area contributed by atoms with Crippen LogP contribution in [0.5, 0.6) is 0 Å². The SMILES string of the molecule is Cc1ccnc(-n2cc(-c3ccccc3F)cn2)c1. The number of halogens is 1. The average molecular weight is 253 g/mol. The van der Waals surface area contributed by atoms with E-state index in [1.807, 2.05) is 19.1 Å². The van der Waals surface area contributed by atoms with Crippen molar-refractivity contribution in [1.82, 2.24) is 14.8 Å². The van der Waals surface area contributed by atoms with Crippen LogP contribution in [0.1, 0.15) is 5.56 Å². The number of rotatable bonds is 2. The molecule has 0 spiro atoms. The fourth-order valence-electron chi connectivity index (χ4n) is 1.93. The van der Waals surface area contributed by atoms with Crippen molar-refractivity contribution in [1.29, 1.82) is 0 Å². The lowest BCUT2D eigenvalue weighted by molar-refractivity contribution is 0.631. The smallest absolute Gasteiger partial charge is 0.153 e. The maximum Gasteiger partial charge on any atom is 0.153 e. The first-order valence-corrected chi connectivity index (χ1v) is 5.96. The molecule has 0 saturated carbocycles. The standard InChI is InChI=1S/C15H12FN3/c1-11-6-7-17-15(8-11)19-10-12(9-18-19)13-4-2-3-5-14(13)16/h2-10H,1H3. The maximum absolute atomic E-state index is 13.7. The molecule has 0 radical (unpaired) electrons. The molecule has 3 aromatic rings. The summed E-state index contributed by atoms with van der Waals surface area (Å²) in [4.78, 5) is 4.25. The third-order valence-electron chi connectivity index (χ3n) is 2.90. The van der Waals surface area contributed by atoms with E-state index >= 15 is 0 Å². The predicted octanol–water partition coefficient (Wildman–Crippen LogP) is 3.38. The largest absolute Gasteiger partial charge is 0.237 e. The first kappa shape index (κ1) is 11.6. The number of benzene rings is 1. The van der Waals surface area contributed by atoms with Gasteiger partial charge in [0.05, 0.1) is 6.20 Å². The van der Waals surface area contributed by atoms with Crippen LogP contribution in [0.4, 0.5) is 4.39 Å². The van der Waals surface area contributed by atoms with Crippen molar-refractivity contribution >= 4 is 0 Å². The minimum absolute atomic E-state index is 0.251. The lowest BCUT2D eigenvalue weighted by atomic mass is 10.1. The summed E-state index contributed by atoms with van der Waals surface area (Å²) in [5.74, 6) is 0.474. The summed E-state index contributed by atoms with van der Waals surface area (Å²) in [5, 5.41) is 4.23. The number of aromatic nitrogens is 3. The summed E-state index contributed by atoms with van der Waals surface area (Å²) >= 11 is 0. The molecule has 0 aliphatic heterocycles. The maximum atomic E-state index is 13.7. The molecule has 2 heterocycles. The van der Waals surface area contributed by atoms with Crippen molar-refractivity contribution in [2.75, 3.05) is 0 Å². The molecule has 0 aliphatic carbocycles. The second-order valence-corrected chi connectivity index (χ2v) is 4.34. The Hall–Kier alpha value is -2.49. The van der Waals surface area contributed by atoms with Gasteiger partial charge in [0.25, 0.3) is 0 Å². The molecule has 2 aromatic heterocycles. The van der Waals surface area contributed by atoms with Crippen LogP contribution < -0.4 is 0 Å². The van der Waals surface area contributed by atoms with Gasteiger partial charge < -0.3 is 0 Å². The van der Waals surface area contributed by atoms with Crippen LogP contribution in [0, 0.1) is 12.7 Å². The van der Waals surface area contributed by atoms with Crippen molar-refractivity contribution in [3.8, 4) is 16.9 Å². The van der Waals surface area contributed by atoms with E-state index in [1.165, 1.54) is 6.07 Å². The molecular weight excluding hydrogens is 241 g/mol. The van der Waals surface area contributed by atoms with E-state index in [1.54, 1.807) is 41.5 Å². The van der Waals surface area contributed by atoms with E-state index in [0.717, 1.165) is 16.9 Å². The van der Waals surface area contributed by atoms with Crippen molar-refractivity contribution in [2.45, 2.75) is 6.92 Å². The fraction of sp³-hybridized carbons (Fsp3) is 0.0667. The summed E-state index contributed by atoms with van der Waals surface area (Å²) in [6, 6.07) is 10.5. The summed E-state index contributed by atoms with van der Waals surface area (Å²) in [5.41, 5.74) is 2.38. The lowest BCUT2D eigenvalue weighted by Gasteiger charge is -2.01. The summed E-state index contributed by atoms with van der Waals surface area (Å²) in [6.45, 7) is 1.99. The highest BCUT2D eigenvalue weighted by Gasteiger charge is 2.08. The number of hydrogen-bond donors (Lipinski definition) is 0. The number of hydrogen-bond acceptors (Lipinski definition) is 2. The zero-order valence-corrected chi connectivity index (χ0v) is 10.4. The predicted molar refractivity (Wildman–Crippen MR) is 71.5 cm³/mol. The summed E-state index contributed by atoms with van der Waals surface area (Å²) in [6.07, 6.45) is 5.15. The molecule has 0 N–H and O–H groups in total. The molecule has 0 aliphatic rings. The van der Waals surface area contributed by atoms with E-state index in [0.29, 0.717) is 5.56 Å². The highest BCUT2D eigenvalue weighted by Crippen LogP contribution is 2.22. The van der Waals surface area contributed by atoms with Gasteiger partial charge in [-0.2, -0.15) is 5.10 Å². The molecular formula is C15H12FN3. The molecule has 0 fully saturated rings. The Morgan fingerprint density at radius 2 is 2.00 bits per heavy atom. The number of pyridine rings is 1. The van der Waals surface area contributed by atoms with E-state index in [9.17, 15) is 4.39 Å². The highest BCUT2D eigenvalue weighted by molar-refractivity contribution is 5.62. The number of nitrogens with zero attached hydrogens (tertiary/aromatic N) is 3. The zero-order valence-electron chi connectivity index (χ0n) is 10.4. The van der Waals surface area contributed by atoms with Gasteiger partial charge in [0, 0.05) is 23.5 Å². The summed E-state index contributed by atoms with van der Waals surface area (Å²) < 4.78 is 15.3. The van der Waals surface area contributed by atoms with Gasteiger partial charge in [-0.05, 0) is 30.7 Å². The van der Waals surface area contributed by atoms with Crippen LogP contribution in [-0.2, 0) is 0 Å². The Kier molecular flexibility index (Phi) is 2.83. The van der Waals surface area contributed by atoms with Gasteiger partial charge in [0.1, 0.15) is 5.82 Å². The molecule has 0 bridgehead atoms. The van der Waals surface area contributed by atoms with Gasteiger partial charge in [-0.25, -0.2) is 14.1 Å². The molecule has 3 rings (SSSR count). The van der Waals surface area contributed by atoms with Crippen LogP contribution in [0.3, 0.4) is 0 Å². The van der Waals surface area contributed by atoms with E-state index in [4.69, 9.17) is 0 Å². The second kappa shape index (κ2) is 4.65. The van der Waals surface area contributed by atoms with Crippen molar-refractivity contribution in [3.05, 3.63) is 66.4 Å². The van der Waals surface area contributed by atoms with Crippen molar-refractivity contribution in [2.24, 2.45) is 0 Å². The molecule has 4 heteroatoms. The molecule has 0 saturated heterocycles. The monoisotopic (exact) mass is 253 g/mol. The van der Waals surface area contributed by atoms with E-state index in [-0.39, 0.29) is 5.82 Å². The minimum atomic E-state index is -0.251. The lowest BCUT2D eigenvalue weighted by Crippen LogP contribution is -1.97. The molecule has 0 unspecified atom stereocenters. The average Bonchev–Trinajstić information content (AvgIpc) is 2.89. The molecule has 0 atom stereocenters. The first-order valence-electron chi connectivity index (χ1n) is 5.96. The molecule has 19 heavy (non-hydrogen) atoms. The minimum Gasteiger partial charge on any atom is -0.237 e. The van der Waals surface area contributed by atoms with E-state index in [2.05, 4.69) is 10.1 Å². The Labute approximate surface area is 110 Å². The topological polar surface area (TPSA) is 30.7 Å². The molecule has 0 amide bonds. The Morgan fingerprint density at radius 3 is 2.79 bits per heavy atom. The number of aryl methyl sites for hydroxylation is 1. The molecule has 1 aromatic carbocycles. The Balaban J connectivity index is 2.03. The van der Waals surface area contributed by atoms with E-state index < -0.39 is 0 Å². The molecule has 3 nitrogen and oxygen atoms in total. The Morgan fingerprint density at radius 1 is 1.16 bits per heavy atom. The van der Waals surface area contributed by atoms with Crippen LogP contribution in [-0.4, -0.2) is 14.8 Å². The van der Waals surface area contributed by atoms with Gasteiger partial charge in [-0.15, -0.1) is 0 Å². The quantitative estimate of drug-likeness (QED) is 0.701. The van der Waals surface area contributed by atoms with Crippen LogP contribution in [0.15, 0.2) is 55.0 Å². The first-order chi connectivity index (χ1) is 9.24. The van der Waals surface area contributed by atoms with Crippen molar-refractivity contribution < 1.29 is 4.39 Å². The van der Waals surface area contributed by atoms with Gasteiger partial charge >= 0.3 is 0 Å². The third kappa shape index (κ3) is 2.25.